The Morgan fingerprint density at radius 2 is 1.88 bits per heavy atom. The van der Waals surface area contributed by atoms with Crippen LogP contribution < -0.4 is 10.6 Å². The molecule has 0 radical (unpaired) electrons. The number of aliphatic carboxylic acids is 1. The van der Waals surface area contributed by atoms with Gasteiger partial charge < -0.3 is 20.8 Å². The lowest BCUT2D eigenvalue weighted by molar-refractivity contribution is -0.139. The molecule has 0 aromatic heterocycles. The number of carboxylic acids is 1. The van der Waals surface area contributed by atoms with Gasteiger partial charge in [-0.2, -0.15) is 0 Å². The third kappa shape index (κ3) is 11.1. The van der Waals surface area contributed by atoms with Crippen LogP contribution in [0.4, 0.5) is 0 Å². The number of aliphatic hydroxyl groups excluding tert-OH is 1. The van der Waals surface area contributed by atoms with Crippen LogP contribution in [0.5, 0.6) is 0 Å². The van der Waals surface area contributed by atoms with Gasteiger partial charge in [-0.3, -0.25) is 9.59 Å². The molecule has 0 fully saturated rings. The van der Waals surface area contributed by atoms with Gasteiger partial charge in [-0.05, 0) is 5.92 Å². The number of hydrogen-bond donors (Lipinski definition) is 4. The molecule has 1 unspecified atom stereocenters. The van der Waals surface area contributed by atoms with Crippen LogP contribution in [-0.2, 0) is 9.59 Å². The monoisotopic (exact) mass is 246 g/mol. The van der Waals surface area contributed by atoms with Crippen molar-refractivity contribution in [2.75, 3.05) is 19.6 Å². The SMILES string of the molecule is CC(C)CNC(=O)CCNCC(O)CC(=O)O. The van der Waals surface area contributed by atoms with Gasteiger partial charge in [0.15, 0.2) is 0 Å². The van der Waals surface area contributed by atoms with Gasteiger partial charge in [-0.25, -0.2) is 0 Å². The molecule has 1 amide bonds. The lowest BCUT2D eigenvalue weighted by Crippen LogP contribution is -2.33. The molecule has 0 aromatic rings. The van der Waals surface area contributed by atoms with E-state index < -0.39 is 12.1 Å². The predicted octanol–water partition coefficient (Wildman–Crippen LogP) is -0.426. The normalized spacial score (nSPS) is 12.5. The summed E-state index contributed by atoms with van der Waals surface area (Å²) in [6.45, 7) is 5.30. The molecular formula is C11H22N2O4. The Bertz CT molecular complexity index is 244. The summed E-state index contributed by atoms with van der Waals surface area (Å²) in [6.07, 6.45) is -0.870. The lowest BCUT2D eigenvalue weighted by Gasteiger charge is -2.10. The van der Waals surface area contributed by atoms with Crippen LogP contribution in [0, 0.1) is 5.92 Å². The number of nitrogens with one attached hydrogen (secondary N) is 2. The summed E-state index contributed by atoms with van der Waals surface area (Å²) < 4.78 is 0. The van der Waals surface area contributed by atoms with Gasteiger partial charge in [-0.1, -0.05) is 13.8 Å². The Hall–Kier alpha value is -1.14. The quantitative estimate of drug-likeness (QED) is 0.414. The number of hydrogen-bond acceptors (Lipinski definition) is 4. The van der Waals surface area contributed by atoms with Crippen LogP contribution in [0.2, 0.25) is 0 Å². The second kappa shape index (κ2) is 8.95. The van der Waals surface area contributed by atoms with E-state index >= 15 is 0 Å². The molecule has 0 aliphatic carbocycles. The second-order valence-corrected chi connectivity index (χ2v) is 4.40. The van der Waals surface area contributed by atoms with E-state index in [-0.39, 0.29) is 18.9 Å². The summed E-state index contributed by atoms with van der Waals surface area (Å²) in [7, 11) is 0. The average molecular weight is 246 g/mol. The zero-order chi connectivity index (χ0) is 13.3. The van der Waals surface area contributed by atoms with Crippen molar-refractivity contribution in [2.45, 2.75) is 32.8 Å². The standard InChI is InChI=1S/C11H22N2O4/c1-8(2)6-13-10(15)3-4-12-7-9(14)5-11(16)17/h8-9,12,14H,3-7H2,1-2H3,(H,13,15)(H,16,17). The summed E-state index contributed by atoms with van der Waals surface area (Å²) in [5, 5.41) is 23.2. The smallest absolute Gasteiger partial charge is 0.306 e. The molecule has 4 N–H and O–H groups in total. The van der Waals surface area contributed by atoms with E-state index in [1.165, 1.54) is 0 Å². The molecular weight excluding hydrogens is 224 g/mol. The first-order valence-electron chi connectivity index (χ1n) is 5.79. The largest absolute Gasteiger partial charge is 0.481 e. The summed E-state index contributed by atoms with van der Waals surface area (Å²) in [5.41, 5.74) is 0. The lowest BCUT2D eigenvalue weighted by atomic mass is 10.2. The molecule has 1 atom stereocenters. The number of amides is 1. The first kappa shape index (κ1) is 15.9. The van der Waals surface area contributed by atoms with Crippen molar-refractivity contribution in [3.63, 3.8) is 0 Å². The molecule has 0 saturated heterocycles. The number of carboxylic acid groups (broad SMARTS) is 1. The molecule has 6 heteroatoms. The van der Waals surface area contributed by atoms with Crippen molar-refractivity contribution in [3.05, 3.63) is 0 Å². The molecule has 6 nitrogen and oxygen atoms in total. The number of carbonyl (C=O) groups is 2. The van der Waals surface area contributed by atoms with Crippen LogP contribution in [0.1, 0.15) is 26.7 Å². The van der Waals surface area contributed by atoms with Crippen LogP contribution in [-0.4, -0.2) is 47.8 Å². The highest BCUT2D eigenvalue weighted by atomic mass is 16.4. The molecule has 0 heterocycles. The summed E-state index contributed by atoms with van der Waals surface area (Å²) in [4.78, 5) is 21.5. The minimum Gasteiger partial charge on any atom is -0.481 e. The van der Waals surface area contributed by atoms with E-state index in [1.807, 2.05) is 13.8 Å². The second-order valence-electron chi connectivity index (χ2n) is 4.40. The van der Waals surface area contributed by atoms with Gasteiger partial charge >= 0.3 is 5.97 Å². The highest BCUT2D eigenvalue weighted by Gasteiger charge is 2.09. The highest BCUT2D eigenvalue weighted by molar-refractivity contribution is 5.76. The van der Waals surface area contributed by atoms with Crippen molar-refractivity contribution in [3.8, 4) is 0 Å². The molecule has 0 spiro atoms. The maximum Gasteiger partial charge on any atom is 0.306 e. The highest BCUT2D eigenvalue weighted by Crippen LogP contribution is 1.90. The van der Waals surface area contributed by atoms with Crippen molar-refractivity contribution < 1.29 is 19.8 Å². The van der Waals surface area contributed by atoms with Crippen LogP contribution in [0.25, 0.3) is 0 Å². The Balaban J connectivity index is 3.44. The topological polar surface area (TPSA) is 98.7 Å². The van der Waals surface area contributed by atoms with Crippen molar-refractivity contribution in [1.29, 1.82) is 0 Å². The van der Waals surface area contributed by atoms with E-state index in [0.29, 0.717) is 25.4 Å². The molecule has 0 saturated carbocycles. The van der Waals surface area contributed by atoms with Crippen LogP contribution >= 0.6 is 0 Å². The van der Waals surface area contributed by atoms with Gasteiger partial charge in [0.2, 0.25) is 5.91 Å². The Morgan fingerprint density at radius 1 is 1.24 bits per heavy atom. The number of carbonyl (C=O) groups excluding carboxylic acids is 1. The fourth-order valence-corrected chi connectivity index (χ4v) is 1.15. The molecule has 0 aliphatic rings. The van der Waals surface area contributed by atoms with E-state index in [9.17, 15) is 14.7 Å². The Labute approximate surface area is 101 Å². The Kier molecular flexibility index (Phi) is 8.35. The van der Waals surface area contributed by atoms with Gasteiger partial charge in [-0.15, -0.1) is 0 Å². The molecule has 100 valence electrons. The molecule has 0 rings (SSSR count). The molecule has 0 bridgehead atoms. The average Bonchev–Trinajstić information content (AvgIpc) is 2.20. The number of aliphatic hydroxyl groups is 1. The fraction of sp³-hybridized carbons (Fsp3) is 0.818. The third-order valence-electron chi connectivity index (χ3n) is 2.03. The van der Waals surface area contributed by atoms with E-state index in [2.05, 4.69) is 10.6 Å². The van der Waals surface area contributed by atoms with E-state index in [4.69, 9.17) is 5.11 Å². The zero-order valence-corrected chi connectivity index (χ0v) is 10.4. The van der Waals surface area contributed by atoms with Gasteiger partial charge in [0.1, 0.15) is 0 Å². The summed E-state index contributed by atoms with van der Waals surface area (Å²) >= 11 is 0. The first-order valence-corrected chi connectivity index (χ1v) is 5.79. The van der Waals surface area contributed by atoms with Crippen molar-refractivity contribution >= 4 is 11.9 Å². The van der Waals surface area contributed by atoms with Gasteiger partial charge in [0.05, 0.1) is 12.5 Å². The van der Waals surface area contributed by atoms with E-state index in [1.54, 1.807) is 0 Å². The zero-order valence-electron chi connectivity index (χ0n) is 10.4. The van der Waals surface area contributed by atoms with Crippen LogP contribution in [0.15, 0.2) is 0 Å². The summed E-state index contributed by atoms with van der Waals surface area (Å²) in [6, 6.07) is 0. The van der Waals surface area contributed by atoms with Crippen molar-refractivity contribution in [1.82, 2.24) is 10.6 Å². The van der Waals surface area contributed by atoms with Crippen LogP contribution in [0.3, 0.4) is 0 Å². The number of rotatable bonds is 9. The minimum absolute atomic E-state index is 0.0427. The maximum atomic E-state index is 11.3. The Morgan fingerprint density at radius 3 is 2.41 bits per heavy atom. The molecule has 17 heavy (non-hydrogen) atoms. The van der Waals surface area contributed by atoms with Crippen molar-refractivity contribution in [2.24, 2.45) is 5.92 Å². The first-order chi connectivity index (χ1) is 7.91. The molecule has 0 aromatic carbocycles. The molecule has 0 aliphatic heterocycles. The van der Waals surface area contributed by atoms with Gasteiger partial charge in [0.25, 0.3) is 0 Å². The van der Waals surface area contributed by atoms with E-state index in [0.717, 1.165) is 0 Å². The maximum absolute atomic E-state index is 11.3. The fourth-order valence-electron chi connectivity index (χ4n) is 1.15. The van der Waals surface area contributed by atoms with Gasteiger partial charge in [0, 0.05) is 26.1 Å². The minimum atomic E-state index is -1.03. The summed E-state index contributed by atoms with van der Waals surface area (Å²) in [5.74, 6) is -0.655. The third-order valence-corrected chi connectivity index (χ3v) is 2.03. The predicted molar refractivity (Wildman–Crippen MR) is 63.6 cm³/mol.